The Hall–Kier alpha value is -1.75. The van der Waals surface area contributed by atoms with Gasteiger partial charge in [0.05, 0.1) is 0 Å². The fraction of sp³-hybridized carbons (Fsp3) is 0.611. The van der Waals surface area contributed by atoms with Crippen LogP contribution in [0.15, 0.2) is 24.3 Å². The summed E-state index contributed by atoms with van der Waals surface area (Å²) in [5.41, 5.74) is 2.25. The highest BCUT2D eigenvalue weighted by Gasteiger charge is 2.24. The van der Waals surface area contributed by atoms with Gasteiger partial charge in [0.1, 0.15) is 0 Å². The van der Waals surface area contributed by atoms with Gasteiger partial charge in [0.2, 0.25) is 0 Å². The smallest absolute Gasteiger partial charge is 0.315 e. The molecule has 2 amide bonds. The van der Waals surface area contributed by atoms with Crippen LogP contribution in [0.3, 0.4) is 0 Å². The van der Waals surface area contributed by atoms with Crippen LogP contribution in [0.5, 0.6) is 0 Å². The molecule has 23 heavy (non-hydrogen) atoms. The van der Waals surface area contributed by atoms with Crippen molar-refractivity contribution in [3.63, 3.8) is 0 Å². The van der Waals surface area contributed by atoms with Crippen molar-refractivity contribution in [1.82, 2.24) is 15.5 Å². The number of hydrogen-bond donors (Lipinski definition) is 2. The molecule has 0 spiro atoms. The number of rotatable bonds is 6. The van der Waals surface area contributed by atoms with Crippen LogP contribution in [0.4, 0.5) is 10.5 Å². The number of urea groups is 1. The number of anilines is 1. The third-order valence-electron chi connectivity index (χ3n) is 4.48. The molecule has 0 saturated carbocycles. The summed E-state index contributed by atoms with van der Waals surface area (Å²) >= 11 is 0. The molecule has 1 aliphatic heterocycles. The van der Waals surface area contributed by atoms with Crippen LogP contribution in [0.1, 0.15) is 25.8 Å². The Balaban J connectivity index is 1.70. The molecule has 2 N–H and O–H groups in total. The van der Waals surface area contributed by atoms with E-state index in [1.54, 1.807) is 0 Å². The van der Waals surface area contributed by atoms with E-state index in [1.807, 2.05) is 26.2 Å². The molecule has 1 aromatic rings. The lowest BCUT2D eigenvalue weighted by Gasteiger charge is -2.20. The van der Waals surface area contributed by atoms with Gasteiger partial charge in [-0.15, -0.1) is 0 Å². The van der Waals surface area contributed by atoms with E-state index in [1.165, 1.54) is 6.42 Å². The summed E-state index contributed by atoms with van der Waals surface area (Å²) in [4.78, 5) is 16.5. The van der Waals surface area contributed by atoms with Crippen molar-refractivity contribution < 1.29 is 4.79 Å². The lowest BCUT2D eigenvalue weighted by atomic mass is 10.1. The summed E-state index contributed by atoms with van der Waals surface area (Å²) in [5.74, 6) is 0.570. The minimum absolute atomic E-state index is 0.0803. The predicted molar refractivity (Wildman–Crippen MR) is 95.8 cm³/mol. The van der Waals surface area contributed by atoms with Crippen molar-refractivity contribution >= 4 is 11.7 Å². The van der Waals surface area contributed by atoms with E-state index in [-0.39, 0.29) is 6.03 Å². The number of amides is 2. The van der Waals surface area contributed by atoms with Gasteiger partial charge >= 0.3 is 6.03 Å². The van der Waals surface area contributed by atoms with Crippen LogP contribution in [0.2, 0.25) is 0 Å². The van der Waals surface area contributed by atoms with Crippen molar-refractivity contribution in [3.05, 3.63) is 29.8 Å². The van der Waals surface area contributed by atoms with E-state index in [9.17, 15) is 4.79 Å². The van der Waals surface area contributed by atoms with E-state index in [2.05, 4.69) is 46.4 Å². The van der Waals surface area contributed by atoms with E-state index in [0.29, 0.717) is 18.5 Å². The molecule has 0 aliphatic carbocycles. The molecule has 5 nitrogen and oxygen atoms in total. The average Bonchev–Trinajstić information content (AvgIpc) is 3.00. The fourth-order valence-corrected chi connectivity index (χ4v) is 2.92. The third kappa shape index (κ3) is 5.43. The van der Waals surface area contributed by atoms with Gasteiger partial charge in [0, 0.05) is 45.5 Å². The summed E-state index contributed by atoms with van der Waals surface area (Å²) < 4.78 is 0. The molecular weight excluding hydrogens is 288 g/mol. The van der Waals surface area contributed by atoms with E-state index < -0.39 is 0 Å². The van der Waals surface area contributed by atoms with Crippen molar-refractivity contribution in [2.45, 2.75) is 32.9 Å². The first kappa shape index (κ1) is 17.6. The van der Waals surface area contributed by atoms with Crippen LogP contribution >= 0.6 is 0 Å². The van der Waals surface area contributed by atoms with Crippen molar-refractivity contribution in [2.75, 3.05) is 38.6 Å². The van der Waals surface area contributed by atoms with Gasteiger partial charge in [-0.05, 0) is 50.4 Å². The molecule has 1 fully saturated rings. The molecule has 1 heterocycles. The lowest BCUT2D eigenvalue weighted by Crippen LogP contribution is -2.38. The zero-order chi connectivity index (χ0) is 16.8. The monoisotopic (exact) mass is 318 g/mol. The second-order valence-corrected chi connectivity index (χ2v) is 6.87. The third-order valence-corrected chi connectivity index (χ3v) is 4.48. The number of likely N-dealkylation sites (tertiary alicyclic amines) is 1. The van der Waals surface area contributed by atoms with Crippen LogP contribution in [-0.4, -0.2) is 50.7 Å². The maximum atomic E-state index is 12.0. The predicted octanol–water partition coefficient (Wildman–Crippen LogP) is 2.28. The maximum Gasteiger partial charge on any atom is 0.315 e. The average molecular weight is 318 g/mol. The zero-order valence-electron chi connectivity index (χ0n) is 14.8. The summed E-state index contributed by atoms with van der Waals surface area (Å²) in [6.45, 7) is 7.99. The Morgan fingerprint density at radius 2 is 2.13 bits per heavy atom. The molecular formula is C18H30N4O. The van der Waals surface area contributed by atoms with Gasteiger partial charge in [-0.3, -0.25) is 0 Å². The van der Waals surface area contributed by atoms with Crippen LogP contribution in [-0.2, 0) is 6.54 Å². The van der Waals surface area contributed by atoms with Crippen LogP contribution in [0, 0.1) is 5.92 Å². The minimum atomic E-state index is -0.0803. The van der Waals surface area contributed by atoms with Crippen LogP contribution in [0.25, 0.3) is 0 Å². The highest BCUT2D eigenvalue weighted by molar-refractivity contribution is 5.73. The summed E-state index contributed by atoms with van der Waals surface area (Å²) in [6, 6.07) is 8.72. The zero-order valence-corrected chi connectivity index (χ0v) is 14.8. The molecule has 1 aromatic carbocycles. The second kappa shape index (κ2) is 8.20. The molecule has 0 radical (unpaired) electrons. The van der Waals surface area contributed by atoms with Crippen molar-refractivity contribution in [3.8, 4) is 0 Å². The number of nitrogens with zero attached hydrogens (tertiary/aromatic N) is 2. The van der Waals surface area contributed by atoms with Gasteiger partial charge in [0.15, 0.2) is 0 Å². The Morgan fingerprint density at radius 3 is 2.78 bits per heavy atom. The first-order chi connectivity index (χ1) is 11.0. The largest absolute Gasteiger partial charge is 0.378 e. The van der Waals surface area contributed by atoms with Gasteiger partial charge < -0.3 is 20.4 Å². The number of carbonyl (C=O) groups excluding carboxylic acids is 1. The van der Waals surface area contributed by atoms with Gasteiger partial charge in [-0.1, -0.05) is 12.1 Å². The SMILES string of the molecule is CC(C)N1CCC(CNC(=O)NCc2cccc(N(C)C)c2)C1. The molecule has 1 saturated heterocycles. The van der Waals surface area contributed by atoms with Crippen molar-refractivity contribution in [1.29, 1.82) is 0 Å². The Morgan fingerprint density at radius 1 is 1.35 bits per heavy atom. The highest BCUT2D eigenvalue weighted by Crippen LogP contribution is 2.17. The molecule has 128 valence electrons. The standard InChI is InChI=1S/C18H30N4O/c1-14(2)22-9-8-16(13-22)12-20-18(23)19-11-15-6-5-7-17(10-15)21(3)4/h5-7,10,14,16H,8-9,11-13H2,1-4H3,(H2,19,20,23). The van der Waals surface area contributed by atoms with E-state index in [0.717, 1.165) is 30.9 Å². The molecule has 0 aromatic heterocycles. The summed E-state index contributed by atoms with van der Waals surface area (Å²) in [7, 11) is 4.03. The minimum Gasteiger partial charge on any atom is -0.378 e. The number of carbonyl (C=O) groups is 1. The van der Waals surface area contributed by atoms with Crippen molar-refractivity contribution in [2.24, 2.45) is 5.92 Å². The second-order valence-electron chi connectivity index (χ2n) is 6.87. The number of nitrogens with one attached hydrogen (secondary N) is 2. The van der Waals surface area contributed by atoms with Gasteiger partial charge in [-0.2, -0.15) is 0 Å². The number of benzene rings is 1. The highest BCUT2D eigenvalue weighted by atomic mass is 16.2. The Kier molecular flexibility index (Phi) is 6.28. The molecule has 0 bridgehead atoms. The van der Waals surface area contributed by atoms with E-state index in [4.69, 9.17) is 0 Å². The summed E-state index contributed by atoms with van der Waals surface area (Å²) in [5, 5.41) is 5.95. The Labute approximate surface area is 140 Å². The van der Waals surface area contributed by atoms with Gasteiger partial charge in [-0.25, -0.2) is 4.79 Å². The first-order valence-electron chi connectivity index (χ1n) is 8.47. The molecule has 1 aliphatic rings. The van der Waals surface area contributed by atoms with Crippen LogP contribution < -0.4 is 15.5 Å². The first-order valence-corrected chi connectivity index (χ1v) is 8.47. The maximum absolute atomic E-state index is 12.0. The molecule has 1 atom stereocenters. The fourth-order valence-electron chi connectivity index (χ4n) is 2.92. The molecule has 1 unspecified atom stereocenters. The Bertz CT molecular complexity index is 515. The lowest BCUT2D eigenvalue weighted by molar-refractivity contribution is 0.236. The quantitative estimate of drug-likeness (QED) is 0.846. The normalized spacial score (nSPS) is 18.2. The molecule has 5 heteroatoms. The van der Waals surface area contributed by atoms with Gasteiger partial charge in [0.25, 0.3) is 0 Å². The number of hydrogen-bond acceptors (Lipinski definition) is 3. The summed E-state index contributed by atoms with van der Waals surface area (Å²) in [6.07, 6.45) is 1.17. The van der Waals surface area contributed by atoms with E-state index >= 15 is 0 Å². The molecule has 2 rings (SSSR count). The topological polar surface area (TPSA) is 47.6 Å².